The Morgan fingerprint density at radius 3 is 2.61 bits per heavy atom. The van der Waals surface area contributed by atoms with Gasteiger partial charge in [-0.05, 0) is 30.3 Å². The Labute approximate surface area is 110 Å². The molecule has 0 heterocycles. The topological polar surface area (TPSA) is 35.2 Å². The maximum absolute atomic E-state index is 13.2. The molecule has 0 bridgehead atoms. The van der Waals surface area contributed by atoms with Crippen LogP contribution in [0.25, 0.3) is 0 Å². The van der Waals surface area contributed by atoms with Crippen molar-refractivity contribution in [3.8, 4) is 5.75 Å². The molecule has 0 aromatic heterocycles. The minimum atomic E-state index is -0.371. The zero-order chi connectivity index (χ0) is 12.8. The Morgan fingerprint density at radius 1 is 1.11 bits per heavy atom. The molecule has 2 nitrogen and oxygen atoms in total. The van der Waals surface area contributed by atoms with Crippen LogP contribution in [0, 0.1) is 5.82 Å². The summed E-state index contributed by atoms with van der Waals surface area (Å²) in [7, 11) is 0. The number of halogens is 1. The van der Waals surface area contributed by atoms with Crippen molar-refractivity contribution in [3.05, 3.63) is 54.3 Å². The third-order valence-corrected chi connectivity index (χ3v) is 3.29. The summed E-state index contributed by atoms with van der Waals surface area (Å²) in [6.07, 6.45) is 0. The van der Waals surface area contributed by atoms with E-state index in [-0.39, 0.29) is 11.5 Å². The molecule has 0 radical (unpaired) electrons. The fourth-order valence-corrected chi connectivity index (χ4v) is 2.19. The monoisotopic (exact) mass is 263 g/mol. The summed E-state index contributed by atoms with van der Waals surface area (Å²) < 4.78 is 18.7. The number of anilines is 1. The zero-order valence-electron chi connectivity index (χ0n) is 9.80. The lowest BCUT2D eigenvalue weighted by Crippen LogP contribution is -2.00. The van der Waals surface area contributed by atoms with E-state index in [1.54, 1.807) is 17.8 Å². The van der Waals surface area contributed by atoms with Gasteiger partial charge in [-0.25, -0.2) is 4.39 Å². The van der Waals surface area contributed by atoms with Crippen LogP contribution in [0.5, 0.6) is 5.75 Å². The Bertz CT molecular complexity index is 504. The van der Waals surface area contributed by atoms with Crippen molar-refractivity contribution in [2.75, 3.05) is 18.1 Å². The van der Waals surface area contributed by atoms with Crippen molar-refractivity contribution in [2.45, 2.75) is 4.90 Å². The van der Waals surface area contributed by atoms with E-state index in [1.807, 2.05) is 36.4 Å². The highest BCUT2D eigenvalue weighted by molar-refractivity contribution is 7.99. The van der Waals surface area contributed by atoms with Gasteiger partial charge in [0.05, 0.1) is 12.3 Å². The largest absolute Gasteiger partial charge is 0.493 e. The Morgan fingerprint density at radius 2 is 1.89 bits per heavy atom. The number of benzene rings is 2. The first-order chi connectivity index (χ1) is 8.75. The smallest absolute Gasteiger partial charge is 0.147 e. The van der Waals surface area contributed by atoms with E-state index in [1.165, 1.54) is 6.07 Å². The highest BCUT2D eigenvalue weighted by Crippen LogP contribution is 2.22. The normalized spacial score (nSPS) is 10.3. The molecule has 4 heteroatoms. The molecule has 0 amide bonds. The number of hydrogen-bond acceptors (Lipinski definition) is 3. The molecular formula is C14H14FNOS. The van der Waals surface area contributed by atoms with Crippen molar-refractivity contribution >= 4 is 17.4 Å². The number of hydrogen-bond donors (Lipinski definition) is 1. The maximum Gasteiger partial charge on any atom is 0.147 e. The summed E-state index contributed by atoms with van der Waals surface area (Å²) in [6.45, 7) is 0.584. The van der Waals surface area contributed by atoms with Gasteiger partial charge in [-0.1, -0.05) is 18.2 Å². The highest BCUT2D eigenvalue weighted by atomic mass is 32.2. The minimum absolute atomic E-state index is 0.180. The molecule has 94 valence electrons. The highest BCUT2D eigenvalue weighted by Gasteiger charge is 2.00. The van der Waals surface area contributed by atoms with Crippen LogP contribution in [0.3, 0.4) is 0 Å². The molecule has 0 atom stereocenters. The Balaban J connectivity index is 1.77. The summed E-state index contributed by atoms with van der Waals surface area (Å²) in [5, 5.41) is 0. The molecule has 0 spiro atoms. The zero-order valence-corrected chi connectivity index (χ0v) is 10.6. The van der Waals surface area contributed by atoms with Gasteiger partial charge in [-0.15, -0.1) is 11.8 Å². The van der Waals surface area contributed by atoms with Gasteiger partial charge in [0.25, 0.3) is 0 Å². The van der Waals surface area contributed by atoms with Gasteiger partial charge in [-0.2, -0.15) is 0 Å². The van der Waals surface area contributed by atoms with E-state index in [0.29, 0.717) is 6.61 Å². The average molecular weight is 263 g/mol. The van der Waals surface area contributed by atoms with Crippen LogP contribution < -0.4 is 10.5 Å². The van der Waals surface area contributed by atoms with Gasteiger partial charge in [0.15, 0.2) is 0 Å². The average Bonchev–Trinajstić information content (AvgIpc) is 2.40. The second-order valence-electron chi connectivity index (χ2n) is 3.69. The van der Waals surface area contributed by atoms with Gasteiger partial charge < -0.3 is 10.5 Å². The van der Waals surface area contributed by atoms with Gasteiger partial charge in [0.1, 0.15) is 11.6 Å². The van der Waals surface area contributed by atoms with Crippen LogP contribution in [0.2, 0.25) is 0 Å². The second kappa shape index (κ2) is 6.31. The SMILES string of the molecule is Nc1ccc(SCCOc2ccccc2)cc1F. The lowest BCUT2D eigenvalue weighted by atomic mass is 10.3. The fraction of sp³-hybridized carbons (Fsp3) is 0.143. The third kappa shape index (κ3) is 3.67. The van der Waals surface area contributed by atoms with Crippen molar-refractivity contribution in [3.63, 3.8) is 0 Å². The van der Waals surface area contributed by atoms with E-state index in [2.05, 4.69) is 0 Å². The summed E-state index contributed by atoms with van der Waals surface area (Å²) in [4.78, 5) is 0.860. The van der Waals surface area contributed by atoms with Gasteiger partial charge in [-0.3, -0.25) is 0 Å². The number of rotatable bonds is 5. The van der Waals surface area contributed by atoms with Crippen molar-refractivity contribution < 1.29 is 9.13 Å². The molecule has 2 rings (SSSR count). The molecule has 0 aliphatic rings. The molecule has 0 saturated carbocycles. The number of para-hydroxylation sites is 1. The molecule has 0 saturated heterocycles. The van der Waals surface area contributed by atoms with Crippen molar-refractivity contribution in [2.24, 2.45) is 0 Å². The molecular weight excluding hydrogens is 249 g/mol. The number of nitrogens with two attached hydrogens (primary N) is 1. The quantitative estimate of drug-likeness (QED) is 0.509. The molecule has 2 aromatic carbocycles. The standard InChI is InChI=1S/C14H14FNOS/c15-13-10-12(6-7-14(13)16)18-9-8-17-11-4-2-1-3-5-11/h1-7,10H,8-9,16H2. The van der Waals surface area contributed by atoms with Crippen molar-refractivity contribution in [1.82, 2.24) is 0 Å². The summed E-state index contributed by atoms with van der Waals surface area (Å²) in [5.74, 6) is 1.24. The van der Waals surface area contributed by atoms with Crippen LogP contribution in [0.15, 0.2) is 53.4 Å². The molecule has 18 heavy (non-hydrogen) atoms. The van der Waals surface area contributed by atoms with Gasteiger partial charge in [0.2, 0.25) is 0 Å². The summed E-state index contributed by atoms with van der Waals surface area (Å²) in [5.41, 5.74) is 5.59. The predicted octanol–water partition coefficient (Wildman–Crippen LogP) is 3.58. The third-order valence-electron chi connectivity index (χ3n) is 2.34. The molecule has 0 aliphatic carbocycles. The molecule has 0 fully saturated rings. The van der Waals surface area contributed by atoms with Crippen molar-refractivity contribution in [1.29, 1.82) is 0 Å². The van der Waals surface area contributed by atoms with E-state index in [0.717, 1.165) is 16.4 Å². The van der Waals surface area contributed by atoms with E-state index in [4.69, 9.17) is 10.5 Å². The fourth-order valence-electron chi connectivity index (χ4n) is 1.43. The lowest BCUT2D eigenvalue weighted by molar-refractivity contribution is 0.344. The lowest BCUT2D eigenvalue weighted by Gasteiger charge is -2.06. The molecule has 0 unspecified atom stereocenters. The second-order valence-corrected chi connectivity index (χ2v) is 4.86. The minimum Gasteiger partial charge on any atom is -0.493 e. The van der Waals surface area contributed by atoms with E-state index in [9.17, 15) is 4.39 Å². The molecule has 2 N–H and O–H groups in total. The first-order valence-electron chi connectivity index (χ1n) is 5.61. The number of nitrogen functional groups attached to an aromatic ring is 1. The maximum atomic E-state index is 13.2. The van der Waals surface area contributed by atoms with Crippen LogP contribution in [-0.4, -0.2) is 12.4 Å². The van der Waals surface area contributed by atoms with Crippen LogP contribution in [0.1, 0.15) is 0 Å². The molecule has 0 aliphatic heterocycles. The number of thioether (sulfide) groups is 1. The summed E-state index contributed by atoms with van der Waals surface area (Å²) in [6, 6.07) is 14.5. The van der Waals surface area contributed by atoms with Crippen LogP contribution in [0.4, 0.5) is 10.1 Å². The Kier molecular flexibility index (Phi) is 4.47. The van der Waals surface area contributed by atoms with Gasteiger partial charge in [0, 0.05) is 10.6 Å². The van der Waals surface area contributed by atoms with Crippen LogP contribution >= 0.6 is 11.8 Å². The number of ether oxygens (including phenoxy) is 1. The predicted molar refractivity (Wildman–Crippen MR) is 73.5 cm³/mol. The first-order valence-corrected chi connectivity index (χ1v) is 6.60. The van der Waals surface area contributed by atoms with Crippen LogP contribution in [-0.2, 0) is 0 Å². The molecule has 2 aromatic rings. The van der Waals surface area contributed by atoms with Gasteiger partial charge >= 0.3 is 0 Å². The van der Waals surface area contributed by atoms with E-state index >= 15 is 0 Å². The summed E-state index contributed by atoms with van der Waals surface area (Å²) >= 11 is 1.54. The Hall–Kier alpha value is -1.68. The van der Waals surface area contributed by atoms with E-state index < -0.39 is 0 Å². The first kappa shape index (κ1) is 12.8.